The number of benzene rings is 1. The zero-order valence-corrected chi connectivity index (χ0v) is 13.2. The summed E-state index contributed by atoms with van der Waals surface area (Å²) < 4.78 is 7.70. The monoisotopic (exact) mass is 287 g/mol. The van der Waals surface area contributed by atoms with Crippen molar-refractivity contribution in [3.8, 4) is 5.75 Å². The van der Waals surface area contributed by atoms with Crippen molar-refractivity contribution in [3.63, 3.8) is 0 Å². The maximum absolute atomic E-state index is 6.17. The summed E-state index contributed by atoms with van der Waals surface area (Å²) in [5, 5.41) is 0. The topological polar surface area (TPSA) is 53.1 Å². The number of rotatable bonds is 3. The second kappa shape index (κ2) is 5.68. The van der Waals surface area contributed by atoms with Crippen molar-refractivity contribution in [1.29, 1.82) is 0 Å². The summed E-state index contributed by atoms with van der Waals surface area (Å²) in [6, 6.07) is 6.88. The van der Waals surface area contributed by atoms with Gasteiger partial charge in [-0.2, -0.15) is 0 Å². The molecular weight excluding hydrogens is 262 g/mol. The third kappa shape index (κ3) is 2.64. The van der Waals surface area contributed by atoms with E-state index in [1.807, 2.05) is 12.1 Å². The molecule has 0 bridgehead atoms. The van der Waals surface area contributed by atoms with Crippen molar-refractivity contribution in [2.24, 2.45) is 5.73 Å². The highest BCUT2D eigenvalue weighted by atomic mass is 16.5. The SMILES string of the molecule is COc1ccc2c(c1)nc(C1CCCC(N)C1)n2C(C)C. The number of hydrogen-bond donors (Lipinski definition) is 1. The van der Waals surface area contributed by atoms with Gasteiger partial charge in [0.05, 0.1) is 18.1 Å². The Morgan fingerprint density at radius 3 is 2.81 bits per heavy atom. The maximum atomic E-state index is 6.17. The van der Waals surface area contributed by atoms with E-state index in [1.54, 1.807) is 7.11 Å². The van der Waals surface area contributed by atoms with Crippen molar-refractivity contribution in [1.82, 2.24) is 9.55 Å². The van der Waals surface area contributed by atoms with Gasteiger partial charge in [-0.1, -0.05) is 6.42 Å². The molecule has 2 aromatic rings. The van der Waals surface area contributed by atoms with E-state index in [2.05, 4.69) is 24.5 Å². The van der Waals surface area contributed by atoms with Gasteiger partial charge in [0.2, 0.25) is 0 Å². The highest BCUT2D eigenvalue weighted by Gasteiger charge is 2.26. The van der Waals surface area contributed by atoms with Gasteiger partial charge in [0.15, 0.2) is 0 Å². The second-order valence-corrected chi connectivity index (χ2v) is 6.41. The molecule has 1 aromatic heterocycles. The minimum absolute atomic E-state index is 0.318. The molecule has 0 spiro atoms. The molecule has 2 atom stereocenters. The van der Waals surface area contributed by atoms with Gasteiger partial charge in [-0.05, 0) is 45.2 Å². The molecule has 1 aromatic carbocycles. The number of imidazole rings is 1. The molecule has 1 fully saturated rings. The van der Waals surface area contributed by atoms with Crippen LogP contribution in [0.25, 0.3) is 11.0 Å². The van der Waals surface area contributed by atoms with Crippen molar-refractivity contribution in [2.45, 2.75) is 57.5 Å². The van der Waals surface area contributed by atoms with Gasteiger partial charge in [-0.3, -0.25) is 0 Å². The molecule has 1 aliphatic rings. The van der Waals surface area contributed by atoms with Crippen molar-refractivity contribution in [2.75, 3.05) is 7.11 Å². The number of nitrogens with two attached hydrogens (primary N) is 1. The second-order valence-electron chi connectivity index (χ2n) is 6.41. The first-order valence-electron chi connectivity index (χ1n) is 7.91. The molecule has 21 heavy (non-hydrogen) atoms. The van der Waals surface area contributed by atoms with Gasteiger partial charge in [-0.15, -0.1) is 0 Å². The predicted octanol–water partition coefficient (Wildman–Crippen LogP) is 3.61. The molecule has 2 N–H and O–H groups in total. The molecule has 4 heteroatoms. The average Bonchev–Trinajstić information content (AvgIpc) is 2.85. The first-order chi connectivity index (χ1) is 10.1. The molecule has 0 saturated heterocycles. The minimum atomic E-state index is 0.318. The van der Waals surface area contributed by atoms with Crippen LogP contribution in [0, 0.1) is 0 Å². The lowest BCUT2D eigenvalue weighted by molar-refractivity contribution is 0.369. The zero-order chi connectivity index (χ0) is 15.0. The van der Waals surface area contributed by atoms with Crippen LogP contribution < -0.4 is 10.5 Å². The molecule has 4 nitrogen and oxygen atoms in total. The number of nitrogens with zero attached hydrogens (tertiary/aromatic N) is 2. The molecule has 1 aliphatic carbocycles. The largest absolute Gasteiger partial charge is 0.497 e. The van der Waals surface area contributed by atoms with Gasteiger partial charge < -0.3 is 15.0 Å². The Morgan fingerprint density at radius 2 is 2.14 bits per heavy atom. The third-order valence-electron chi connectivity index (χ3n) is 4.52. The Balaban J connectivity index is 2.09. The fraction of sp³-hybridized carbons (Fsp3) is 0.588. The van der Waals surface area contributed by atoms with Gasteiger partial charge >= 0.3 is 0 Å². The quantitative estimate of drug-likeness (QED) is 0.938. The number of methoxy groups -OCH3 is 1. The maximum Gasteiger partial charge on any atom is 0.121 e. The summed E-state index contributed by atoms with van der Waals surface area (Å²) in [5.74, 6) is 2.54. The van der Waals surface area contributed by atoms with Crippen LogP contribution in [-0.4, -0.2) is 22.7 Å². The molecular formula is C17H25N3O. The van der Waals surface area contributed by atoms with Crippen LogP contribution in [0.1, 0.15) is 57.3 Å². The summed E-state index contributed by atoms with van der Waals surface area (Å²) in [6.07, 6.45) is 4.59. The van der Waals surface area contributed by atoms with Crippen molar-refractivity contribution >= 4 is 11.0 Å². The summed E-state index contributed by atoms with van der Waals surface area (Å²) in [6.45, 7) is 4.44. The number of ether oxygens (including phenoxy) is 1. The Labute approximate surface area is 126 Å². The van der Waals surface area contributed by atoms with Gasteiger partial charge in [0.1, 0.15) is 11.6 Å². The van der Waals surface area contributed by atoms with Crippen LogP contribution in [0.5, 0.6) is 5.75 Å². The van der Waals surface area contributed by atoms with E-state index in [-0.39, 0.29) is 0 Å². The predicted molar refractivity (Wildman–Crippen MR) is 85.9 cm³/mol. The molecule has 1 saturated carbocycles. The molecule has 2 unspecified atom stereocenters. The lowest BCUT2D eigenvalue weighted by Gasteiger charge is -2.27. The van der Waals surface area contributed by atoms with Crippen LogP contribution in [0.15, 0.2) is 18.2 Å². The lowest BCUT2D eigenvalue weighted by Crippen LogP contribution is -2.28. The number of aromatic nitrogens is 2. The molecule has 0 radical (unpaired) electrons. The van der Waals surface area contributed by atoms with E-state index in [0.717, 1.165) is 24.1 Å². The van der Waals surface area contributed by atoms with Crippen molar-refractivity contribution in [3.05, 3.63) is 24.0 Å². The molecule has 3 rings (SSSR count). The first kappa shape index (κ1) is 14.4. The highest BCUT2D eigenvalue weighted by Crippen LogP contribution is 2.35. The normalized spacial score (nSPS) is 22.9. The zero-order valence-electron chi connectivity index (χ0n) is 13.2. The van der Waals surface area contributed by atoms with E-state index in [0.29, 0.717) is 18.0 Å². The van der Waals surface area contributed by atoms with Gasteiger partial charge in [0, 0.05) is 24.1 Å². The molecule has 1 heterocycles. The van der Waals surface area contributed by atoms with Crippen LogP contribution in [0.2, 0.25) is 0 Å². The van der Waals surface area contributed by atoms with Crippen LogP contribution in [-0.2, 0) is 0 Å². The fourth-order valence-electron chi connectivity index (χ4n) is 3.52. The Kier molecular flexibility index (Phi) is 3.89. The smallest absolute Gasteiger partial charge is 0.121 e. The molecule has 114 valence electrons. The Bertz CT molecular complexity index is 632. The third-order valence-corrected chi connectivity index (χ3v) is 4.52. The van der Waals surface area contributed by atoms with Crippen LogP contribution in [0.4, 0.5) is 0 Å². The lowest BCUT2D eigenvalue weighted by atomic mass is 9.85. The van der Waals surface area contributed by atoms with Crippen LogP contribution >= 0.6 is 0 Å². The van der Waals surface area contributed by atoms with Gasteiger partial charge in [0.25, 0.3) is 0 Å². The van der Waals surface area contributed by atoms with E-state index >= 15 is 0 Å². The summed E-state index contributed by atoms with van der Waals surface area (Å²) >= 11 is 0. The first-order valence-corrected chi connectivity index (χ1v) is 7.91. The highest BCUT2D eigenvalue weighted by molar-refractivity contribution is 5.78. The van der Waals surface area contributed by atoms with Crippen LogP contribution in [0.3, 0.4) is 0 Å². The minimum Gasteiger partial charge on any atom is -0.497 e. The number of fused-ring (bicyclic) bond motifs is 1. The Morgan fingerprint density at radius 1 is 1.33 bits per heavy atom. The van der Waals surface area contributed by atoms with Gasteiger partial charge in [-0.25, -0.2) is 4.98 Å². The number of hydrogen-bond acceptors (Lipinski definition) is 3. The average molecular weight is 287 g/mol. The fourth-order valence-corrected chi connectivity index (χ4v) is 3.52. The summed E-state index contributed by atoms with van der Waals surface area (Å²) in [5.41, 5.74) is 8.39. The van der Waals surface area contributed by atoms with E-state index in [9.17, 15) is 0 Å². The molecule has 0 amide bonds. The Hall–Kier alpha value is -1.55. The summed E-state index contributed by atoms with van der Waals surface area (Å²) in [7, 11) is 1.70. The van der Waals surface area contributed by atoms with E-state index in [1.165, 1.54) is 24.2 Å². The summed E-state index contributed by atoms with van der Waals surface area (Å²) in [4.78, 5) is 4.93. The van der Waals surface area contributed by atoms with E-state index in [4.69, 9.17) is 15.5 Å². The molecule has 0 aliphatic heterocycles. The van der Waals surface area contributed by atoms with E-state index < -0.39 is 0 Å². The standard InChI is InChI=1S/C17H25N3O/c1-11(2)20-16-8-7-14(21-3)10-15(16)19-17(20)12-5-4-6-13(18)9-12/h7-8,10-13H,4-6,9,18H2,1-3H3. The van der Waals surface area contributed by atoms with Crippen molar-refractivity contribution < 1.29 is 4.74 Å².